The first kappa shape index (κ1) is 20.6. The molecule has 0 fully saturated rings. The van der Waals surface area contributed by atoms with Gasteiger partial charge in [-0.1, -0.05) is 36.4 Å². The van der Waals surface area contributed by atoms with Crippen LogP contribution in [0.1, 0.15) is 15.9 Å². The molecule has 0 saturated heterocycles. The fraction of sp³-hybridized carbons (Fsp3) is 0.160. The lowest BCUT2D eigenvalue weighted by molar-refractivity contribution is 0.0916. The molecular weight excluding hydrogens is 395 g/mol. The van der Waals surface area contributed by atoms with Gasteiger partial charge in [0, 0.05) is 22.7 Å². The summed E-state index contributed by atoms with van der Waals surface area (Å²) in [5.74, 6) is -0.593. The van der Waals surface area contributed by atoms with Crippen LogP contribution in [0.2, 0.25) is 0 Å². The van der Waals surface area contributed by atoms with E-state index in [2.05, 4.69) is 10.3 Å². The Bertz CT molecular complexity index is 1220. The van der Waals surface area contributed by atoms with Crippen LogP contribution in [-0.4, -0.2) is 35.8 Å². The minimum absolute atomic E-state index is 0.167. The van der Waals surface area contributed by atoms with Crippen LogP contribution in [0.15, 0.2) is 72.9 Å². The number of carbonyl (C=O) groups is 1. The summed E-state index contributed by atoms with van der Waals surface area (Å²) >= 11 is 0. The molecule has 3 aromatic carbocycles. The van der Waals surface area contributed by atoms with Crippen molar-refractivity contribution in [2.75, 3.05) is 13.7 Å². The Morgan fingerprint density at radius 3 is 2.68 bits per heavy atom. The Morgan fingerprint density at radius 1 is 1.10 bits per heavy atom. The summed E-state index contributed by atoms with van der Waals surface area (Å²) in [5.41, 5.74) is 3.83. The third-order valence-electron chi connectivity index (χ3n) is 5.31. The smallest absolute Gasteiger partial charge is 0.251 e. The van der Waals surface area contributed by atoms with E-state index in [1.54, 1.807) is 30.3 Å². The number of methoxy groups -OCH3 is 1. The van der Waals surface area contributed by atoms with Gasteiger partial charge in [0.15, 0.2) is 11.6 Å². The molecule has 5 nitrogen and oxygen atoms in total. The monoisotopic (exact) mass is 418 g/mol. The van der Waals surface area contributed by atoms with E-state index in [1.807, 2.05) is 36.5 Å². The second-order valence-electron chi connectivity index (χ2n) is 7.35. The minimum Gasteiger partial charge on any atom is -0.494 e. The number of benzene rings is 3. The molecule has 1 heterocycles. The highest BCUT2D eigenvalue weighted by Gasteiger charge is 2.16. The SMILES string of the molecule is COc1ccc(-c2cccc(C(=O)N[C@@H](CO)Cc3c[nH]c4ccccc34)c2)cc1F. The van der Waals surface area contributed by atoms with E-state index in [-0.39, 0.29) is 18.3 Å². The maximum atomic E-state index is 14.1. The molecule has 1 aromatic heterocycles. The number of amides is 1. The number of hydrogen-bond acceptors (Lipinski definition) is 3. The molecule has 4 aromatic rings. The van der Waals surface area contributed by atoms with Gasteiger partial charge < -0.3 is 20.1 Å². The average Bonchev–Trinajstić information content (AvgIpc) is 3.21. The molecule has 0 unspecified atom stereocenters. The molecule has 158 valence electrons. The molecule has 31 heavy (non-hydrogen) atoms. The number of nitrogens with one attached hydrogen (secondary N) is 2. The zero-order valence-electron chi connectivity index (χ0n) is 17.1. The summed E-state index contributed by atoms with van der Waals surface area (Å²) in [6.45, 7) is -0.186. The molecule has 0 saturated carbocycles. The van der Waals surface area contributed by atoms with Crippen molar-refractivity contribution < 1.29 is 19.0 Å². The second-order valence-corrected chi connectivity index (χ2v) is 7.35. The fourth-order valence-electron chi connectivity index (χ4n) is 3.68. The largest absolute Gasteiger partial charge is 0.494 e. The van der Waals surface area contributed by atoms with E-state index in [1.165, 1.54) is 13.2 Å². The van der Waals surface area contributed by atoms with Gasteiger partial charge in [0.2, 0.25) is 0 Å². The second kappa shape index (κ2) is 9.02. The quantitative estimate of drug-likeness (QED) is 0.419. The lowest BCUT2D eigenvalue weighted by atomic mass is 10.0. The Kier molecular flexibility index (Phi) is 6.00. The zero-order valence-corrected chi connectivity index (χ0v) is 17.1. The normalized spacial score (nSPS) is 12.0. The van der Waals surface area contributed by atoms with Crippen LogP contribution in [0, 0.1) is 5.82 Å². The number of rotatable bonds is 7. The van der Waals surface area contributed by atoms with Gasteiger partial charge in [0.25, 0.3) is 5.91 Å². The van der Waals surface area contributed by atoms with Crippen molar-refractivity contribution in [3.8, 4) is 16.9 Å². The van der Waals surface area contributed by atoms with Gasteiger partial charge in [-0.2, -0.15) is 0 Å². The van der Waals surface area contributed by atoms with Gasteiger partial charge in [-0.15, -0.1) is 0 Å². The average molecular weight is 418 g/mol. The number of carbonyl (C=O) groups excluding carboxylic acids is 1. The van der Waals surface area contributed by atoms with Crippen LogP contribution in [0.25, 0.3) is 22.0 Å². The van der Waals surface area contributed by atoms with Crippen molar-refractivity contribution in [1.29, 1.82) is 0 Å². The summed E-state index contributed by atoms with van der Waals surface area (Å²) in [4.78, 5) is 16.0. The third-order valence-corrected chi connectivity index (χ3v) is 5.31. The molecule has 0 aliphatic carbocycles. The number of aromatic amines is 1. The van der Waals surface area contributed by atoms with Gasteiger partial charge >= 0.3 is 0 Å². The number of H-pyrrole nitrogens is 1. The summed E-state index contributed by atoms with van der Waals surface area (Å²) in [7, 11) is 1.41. The van der Waals surface area contributed by atoms with Gasteiger partial charge in [-0.05, 0) is 53.4 Å². The first-order valence-corrected chi connectivity index (χ1v) is 9.99. The highest BCUT2D eigenvalue weighted by atomic mass is 19.1. The Morgan fingerprint density at radius 2 is 1.90 bits per heavy atom. The fourth-order valence-corrected chi connectivity index (χ4v) is 3.68. The van der Waals surface area contributed by atoms with Crippen molar-refractivity contribution in [2.45, 2.75) is 12.5 Å². The third kappa shape index (κ3) is 4.44. The van der Waals surface area contributed by atoms with E-state index in [0.717, 1.165) is 16.5 Å². The number of halogens is 1. The molecular formula is C25H23FN2O3. The first-order chi connectivity index (χ1) is 15.1. The van der Waals surface area contributed by atoms with Crippen LogP contribution in [0.5, 0.6) is 5.75 Å². The summed E-state index contributed by atoms with van der Waals surface area (Å²) in [6.07, 6.45) is 2.40. The van der Waals surface area contributed by atoms with Crippen molar-refractivity contribution in [3.05, 3.63) is 89.9 Å². The summed E-state index contributed by atoms with van der Waals surface area (Å²) < 4.78 is 19.0. The van der Waals surface area contributed by atoms with E-state index in [0.29, 0.717) is 23.1 Å². The van der Waals surface area contributed by atoms with Crippen molar-refractivity contribution >= 4 is 16.8 Å². The number of para-hydroxylation sites is 1. The molecule has 6 heteroatoms. The zero-order chi connectivity index (χ0) is 21.8. The number of ether oxygens (including phenoxy) is 1. The standard InChI is InChI=1S/C25H23FN2O3/c1-31-24-10-9-17(13-22(24)26)16-5-4-6-18(11-16)25(30)28-20(15-29)12-19-14-27-23-8-3-2-7-21(19)23/h2-11,13-14,20,27,29H,12,15H2,1H3,(H,28,30)/t20-/m1/s1. The molecule has 0 radical (unpaired) electrons. The Balaban J connectivity index is 1.51. The van der Waals surface area contributed by atoms with Gasteiger partial charge in [0.05, 0.1) is 19.8 Å². The highest BCUT2D eigenvalue weighted by molar-refractivity contribution is 5.95. The number of fused-ring (bicyclic) bond motifs is 1. The molecule has 0 aliphatic heterocycles. The molecule has 4 rings (SSSR count). The van der Waals surface area contributed by atoms with E-state index in [4.69, 9.17) is 4.74 Å². The van der Waals surface area contributed by atoms with Crippen LogP contribution in [-0.2, 0) is 6.42 Å². The maximum Gasteiger partial charge on any atom is 0.251 e. The lowest BCUT2D eigenvalue weighted by Gasteiger charge is -2.16. The molecule has 1 amide bonds. The Labute approximate surface area is 179 Å². The van der Waals surface area contributed by atoms with Crippen molar-refractivity contribution in [3.63, 3.8) is 0 Å². The molecule has 0 bridgehead atoms. The minimum atomic E-state index is -0.464. The molecule has 0 spiro atoms. The topological polar surface area (TPSA) is 74.3 Å². The van der Waals surface area contributed by atoms with Gasteiger partial charge in [-0.25, -0.2) is 4.39 Å². The number of aliphatic hydroxyl groups is 1. The van der Waals surface area contributed by atoms with Crippen LogP contribution in [0.3, 0.4) is 0 Å². The maximum absolute atomic E-state index is 14.1. The number of aromatic nitrogens is 1. The van der Waals surface area contributed by atoms with Crippen LogP contribution in [0.4, 0.5) is 4.39 Å². The summed E-state index contributed by atoms with van der Waals surface area (Å²) in [5, 5.41) is 13.8. The van der Waals surface area contributed by atoms with Crippen molar-refractivity contribution in [2.24, 2.45) is 0 Å². The van der Waals surface area contributed by atoms with E-state index < -0.39 is 11.9 Å². The lowest BCUT2D eigenvalue weighted by Crippen LogP contribution is -2.39. The highest BCUT2D eigenvalue weighted by Crippen LogP contribution is 2.26. The predicted molar refractivity (Wildman–Crippen MR) is 119 cm³/mol. The first-order valence-electron chi connectivity index (χ1n) is 9.99. The number of hydrogen-bond donors (Lipinski definition) is 3. The molecule has 1 atom stereocenters. The van der Waals surface area contributed by atoms with Crippen molar-refractivity contribution in [1.82, 2.24) is 10.3 Å². The van der Waals surface area contributed by atoms with Gasteiger partial charge in [0.1, 0.15) is 0 Å². The Hall–Kier alpha value is -3.64. The molecule has 0 aliphatic rings. The number of aliphatic hydroxyl groups excluding tert-OH is 1. The van der Waals surface area contributed by atoms with Gasteiger partial charge in [-0.3, -0.25) is 4.79 Å². The van der Waals surface area contributed by atoms with E-state index >= 15 is 0 Å². The summed E-state index contributed by atoms with van der Waals surface area (Å²) in [6, 6.07) is 19.1. The molecule has 3 N–H and O–H groups in total. The van der Waals surface area contributed by atoms with Crippen LogP contribution >= 0.6 is 0 Å². The predicted octanol–water partition coefficient (Wildman–Crippen LogP) is 4.32. The van der Waals surface area contributed by atoms with Crippen LogP contribution < -0.4 is 10.1 Å². The van der Waals surface area contributed by atoms with E-state index in [9.17, 15) is 14.3 Å².